The normalized spacial score (nSPS) is 10.1. The minimum Gasteiger partial charge on any atom is -0.370 e. The van der Waals surface area contributed by atoms with Crippen molar-refractivity contribution in [3.05, 3.63) is 45.0 Å². The second-order valence-electron chi connectivity index (χ2n) is 2.65. The maximum Gasteiger partial charge on any atom is 0.542 e. The molecular formula is C8H4N2O5. The van der Waals surface area contributed by atoms with Crippen LogP contribution in [0.5, 0.6) is 0 Å². The predicted molar refractivity (Wildman–Crippen MR) is 47.1 cm³/mol. The van der Waals surface area contributed by atoms with Gasteiger partial charge in [0, 0.05) is 17.7 Å². The van der Waals surface area contributed by atoms with Crippen molar-refractivity contribution in [2.45, 2.75) is 0 Å². The molecule has 7 nitrogen and oxygen atoms in total. The first-order valence-corrected chi connectivity index (χ1v) is 3.88. The van der Waals surface area contributed by atoms with Crippen LogP contribution in [0.2, 0.25) is 0 Å². The second-order valence-corrected chi connectivity index (χ2v) is 2.65. The highest BCUT2D eigenvalue weighted by Crippen LogP contribution is 2.20. The molecule has 0 radical (unpaired) electrons. The fourth-order valence-electron chi connectivity index (χ4n) is 1.06. The van der Waals surface area contributed by atoms with Gasteiger partial charge in [-0.25, -0.2) is 4.79 Å². The zero-order valence-electron chi connectivity index (χ0n) is 7.25. The van der Waals surface area contributed by atoms with Gasteiger partial charge in [0.15, 0.2) is 0 Å². The van der Waals surface area contributed by atoms with Crippen LogP contribution in [0, 0.1) is 10.1 Å². The first kappa shape index (κ1) is 9.13. The molecule has 0 fully saturated rings. The number of nitro benzene ring substituents is 1. The van der Waals surface area contributed by atoms with Crippen LogP contribution in [0.25, 0.3) is 11.5 Å². The number of nitro groups is 1. The number of benzene rings is 1. The van der Waals surface area contributed by atoms with Crippen LogP contribution in [0.4, 0.5) is 5.69 Å². The van der Waals surface area contributed by atoms with Crippen molar-refractivity contribution in [1.82, 2.24) is 5.16 Å². The summed E-state index contributed by atoms with van der Waals surface area (Å²) in [5.74, 6) is -1.03. The van der Waals surface area contributed by atoms with Gasteiger partial charge in [0.25, 0.3) is 11.6 Å². The van der Waals surface area contributed by atoms with E-state index < -0.39 is 10.7 Å². The number of non-ortho nitro benzene ring substituents is 1. The number of hydrogen-bond donors (Lipinski definition) is 0. The van der Waals surface area contributed by atoms with Gasteiger partial charge in [0.1, 0.15) is 0 Å². The zero-order valence-corrected chi connectivity index (χ0v) is 7.25. The van der Waals surface area contributed by atoms with Gasteiger partial charge in [-0.15, -0.1) is 0 Å². The van der Waals surface area contributed by atoms with Crippen molar-refractivity contribution < 1.29 is 13.9 Å². The van der Waals surface area contributed by atoms with E-state index in [1.54, 1.807) is 0 Å². The van der Waals surface area contributed by atoms with Gasteiger partial charge < -0.3 is 4.42 Å². The maximum absolute atomic E-state index is 10.6. The van der Waals surface area contributed by atoms with Crippen molar-refractivity contribution in [2.24, 2.45) is 0 Å². The molecule has 0 N–H and O–H groups in total. The van der Waals surface area contributed by atoms with E-state index in [-0.39, 0.29) is 11.6 Å². The van der Waals surface area contributed by atoms with Gasteiger partial charge in [-0.2, -0.15) is 0 Å². The first-order valence-electron chi connectivity index (χ1n) is 3.88. The van der Waals surface area contributed by atoms with Gasteiger partial charge >= 0.3 is 5.82 Å². The summed E-state index contributed by atoms with van der Waals surface area (Å²) in [6.07, 6.45) is 0. The van der Waals surface area contributed by atoms with Crippen LogP contribution in [0.3, 0.4) is 0 Å². The zero-order chi connectivity index (χ0) is 10.8. The molecule has 0 unspecified atom stereocenters. The SMILES string of the molecule is O=c1onc(-c2cccc([N+](=O)[O-])c2)o1. The molecule has 0 amide bonds. The molecule has 2 aromatic rings. The Hall–Kier alpha value is -2.44. The van der Waals surface area contributed by atoms with E-state index in [2.05, 4.69) is 14.1 Å². The average molecular weight is 208 g/mol. The lowest BCUT2D eigenvalue weighted by atomic mass is 10.2. The lowest BCUT2D eigenvalue weighted by Gasteiger charge is -1.93. The standard InChI is InChI=1S/C8H4N2O5/c11-8-14-7(9-15-8)5-2-1-3-6(4-5)10(12)13/h1-4H. The van der Waals surface area contributed by atoms with Crippen LogP contribution >= 0.6 is 0 Å². The molecule has 0 saturated carbocycles. The Morgan fingerprint density at radius 1 is 1.40 bits per heavy atom. The van der Waals surface area contributed by atoms with Gasteiger partial charge in [-0.05, 0) is 11.2 Å². The summed E-state index contributed by atoms with van der Waals surface area (Å²) in [6, 6.07) is 5.54. The molecule has 0 spiro atoms. The van der Waals surface area contributed by atoms with E-state index in [1.165, 1.54) is 24.3 Å². The molecule has 76 valence electrons. The van der Waals surface area contributed by atoms with Crippen LogP contribution in [-0.2, 0) is 0 Å². The molecule has 0 aliphatic carbocycles. The Bertz CT molecular complexity index is 556. The molecule has 0 aliphatic heterocycles. The Labute approximate surface area is 82.1 Å². The summed E-state index contributed by atoms with van der Waals surface area (Å²) < 4.78 is 8.73. The fourth-order valence-corrected chi connectivity index (χ4v) is 1.06. The third-order valence-electron chi connectivity index (χ3n) is 1.69. The van der Waals surface area contributed by atoms with E-state index in [9.17, 15) is 14.9 Å². The number of aromatic nitrogens is 1. The van der Waals surface area contributed by atoms with Crippen LogP contribution in [0.1, 0.15) is 0 Å². The van der Waals surface area contributed by atoms with E-state index in [1.807, 2.05) is 0 Å². The summed E-state index contributed by atoms with van der Waals surface area (Å²) in [5.41, 5.74) is 0.202. The summed E-state index contributed by atoms with van der Waals surface area (Å²) in [6.45, 7) is 0. The number of nitrogens with zero attached hydrogens (tertiary/aromatic N) is 2. The average Bonchev–Trinajstić information content (AvgIpc) is 2.65. The molecule has 2 rings (SSSR count). The van der Waals surface area contributed by atoms with Crippen molar-refractivity contribution >= 4 is 5.69 Å². The Kier molecular flexibility index (Phi) is 2.05. The summed E-state index contributed by atoms with van der Waals surface area (Å²) in [7, 11) is 0. The molecule has 15 heavy (non-hydrogen) atoms. The molecule has 0 saturated heterocycles. The highest BCUT2D eigenvalue weighted by atomic mass is 16.6. The second kappa shape index (κ2) is 3.37. The maximum atomic E-state index is 10.6. The first-order chi connectivity index (χ1) is 7.16. The van der Waals surface area contributed by atoms with Crippen LogP contribution < -0.4 is 5.82 Å². The Morgan fingerprint density at radius 3 is 2.80 bits per heavy atom. The third kappa shape index (κ3) is 1.75. The lowest BCUT2D eigenvalue weighted by molar-refractivity contribution is -0.384. The van der Waals surface area contributed by atoms with Gasteiger partial charge in [-0.1, -0.05) is 6.07 Å². The van der Waals surface area contributed by atoms with Crippen molar-refractivity contribution in [3.8, 4) is 11.5 Å². The summed E-state index contributed by atoms with van der Waals surface area (Å²) in [5, 5.41) is 13.8. The van der Waals surface area contributed by atoms with Crippen molar-refractivity contribution in [2.75, 3.05) is 0 Å². The molecule has 1 aromatic carbocycles. The van der Waals surface area contributed by atoms with E-state index >= 15 is 0 Å². The quantitative estimate of drug-likeness (QED) is 0.543. The van der Waals surface area contributed by atoms with Crippen LogP contribution in [0.15, 0.2) is 38.0 Å². The topological polar surface area (TPSA) is 99.4 Å². The monoisotopic (exact) mass is 208 g/mol. The highest BCUT2D eigenvalue weighted by molar-refractivity contribution is 5.56. The Morgan fingerprint density at radius 2 is 2.20 bits per heavy atom. The molecule has 7 heteroatoms. The smallest absolute Gasteiger partial charge is 0.370 e. The molecule has 0 atom stereocenters. The van der Waals surface area contributed by atoms with Gasteiger partial charge in [0.05, 0.1) is 4.92 Å². The van der Waals surface area contributed by atoms with Gasteiger partial charge in [-0.3, -0.25) is 14.6 Å². The molecule has 1 heterocycles. The summed E-state index contributed by atoms with van der Waals surface area (Å²) >= 11 is 0. The molecule has 1 aromatic heterocycles. The van der Waals surface area contributed by atoms with Crippen molar-refractivity contribution in [3.63, 3.8) is 0 Å². The third-order valence-corrected chi connectivity index (χ3v) is 1.69. The molecule has 0 aliphatic rings. The molecule has 0 bridgehead atoms. The largest absolute Gasteiger partial charge is 0.542 e. The number of hydrogen-bond acceptors (Lipinski definition) is 6. The minimum absolute atomic E-state index is 0.0799. The summed E-state index contributed by atoms with van der Waals surface area (Å²) in [4.78, 5) is 20.5. The lowest BCUT2D eigenvalue weighted by Crippen LogP contribution is -1.88. The fraction of sp³-hybridized carbons (Fsp3) is 0. The predicted octanol–water partition coefficient (Wildman–Crippen LogP) is 1.20. The van der Waals surface area contributed by atoms with Crippen LogP contribution in [-0.4, -0.2) is 10.1 Å². The minimum atomic E-state index is -0.948. The Balaban J connectivity index is 2.49. The van der Waals surface area contributed by atoms with Gasteiger partial charge in [0.2, 0.25) is 0 Å². The molecular weight excluding hydrogens is 204 g/mol. The van der Waals surface area contributed by atoms with E-state index in [0.717, 1.165) is 0 Å². The highest BCUT2D eigenvalue weighted by Gasteiger charge is 2.11. The van der Waals surface area contributed by atoms with E-state index in [4.69, 9.17) is 0 Å². The van der Waals surface area contributed by atoms with Crippen molar-refractivity contribution in [1.29, 1.82) is 0 Å². The number of rotatable bonds is 2. The van der Waals surface area contributed by atoms with E-state index in [0.29, 0.717) is 5.56 Å².